The smallest absolute Gasteiger partial charge is 0.355 e. The highest BCUT2D eigenvalue weighted by atomic mass is 16.5. The summed E-state index contributed by atoms with van der Waals surface area (Å²) >= 11 is 0. The van der Waals surface area contributed by atoms with Crippen molar-refractivity contribution in [2.45, 2.75) is 66.5 Å². The van der Waals surface area contributed by atoms with Crippen LogP contribution in [0.15, 0.2) is 23.3 Å². The quantitative estimate of drug-likeness (QED) is 0.703. The van der Waals surface area contributed by atoms with Crippen LogP contribution in [0.25, 0.3) is 0 Å². The number of ether oxygens (including phenoxy) is 1. The first kappa shape index (κ1) is 21.6. The lowest BCUT2D eigenvalue weighted by Gasteiger charge is -2.30. The molecule has 0 saturated heterocycles. The number of nitrogens with zero attached hydrogens (tertiary/aromatic N) is 3. The van der Waals surface area contributed by atoms with Crippen molar-refractivity contribution < 1.29 is 19.1 Å². The van der Waals surface area contributed by atoms with Gasteiger partial charge in [0.1, 0.15) is 5.71 Å². The molecule has 0 saturated carbocycles. The normalized spacial score (nSPS) is 14.4. The lowest BCUT2D eigenvalue weighted by Crippen LogP contribution is -2.44. The van der Waals surface area contributed by atoms with Gasteiger partial charge in [-0.3, -0.25) is 9.59 Å². The molecular weight excluding hydrogens is 358 g/mol. The average molecular weight is 387 g/mol. The lowest BCUT2D eigenvalue weighted by atomic mass is 10.1. The number of hydrogen-bond acceptors (Lipinski definition) is 5. The van der Waals surface area contributed by atoms with E-state index in [1.165, 1.54) is 5.01 Å². The van der Waals surface area contributed by atoms with Crippen molar-refractivity contribution >= 4 is 29.2 Å². The van der Waals surface area contributed by atoms with Gasteiger partial charge in [-0.25, -0.2) is 4.79 Å². The van der Waals surface area contributed by atoms with E-state index >= 15 is 0 Å². The summed E-state index contributed by atoms with van der Waals surface area (Å²) in [5.74, 6) is -1.09. The number of amides is 2. The second-order valence-corrected chi connectivity index (χ2v) is 7.61. The summed E-state index contributed by atoms with van der Waals surface area (Å²) in [6, 6.07) is 5.74. The third-order valence-electron chi connectivity index (χ3n) is 4.59. The maximum atomic E-state index is 12.4. The van der Waals surface area contributed by atoms with Crippen molar-refractivity contribution in [2.75, 3.05) is 11.6 Å². The van der Waals surface area contributed by atoms with Crippen LogP contribution in [0.4, 0.5) is 5.69 Å². The molecule has 0 N–H and O–H groups in total. The molecule has 28 heavy (non-hydrogen) atoms. The van der Waals surface area contributed by atoms with E-state index in [0.717, 1.165) is 11.1 Å². The van der Waals surface area contributed by atoms with Crippen LogP contribution >= 0.6 is 0 Å². The second-order valence-electron chi connectivity index (χ2n) is 7.61. The van der Waals surface area contributed by atoms with Crippen LogP contribution in [0.5, 0.6) is 0 Å². The first-order chi connectivity index (χ1) is 13.1. The van der Waals surface area contributed by atoms with E-state index < -0.39 is 5.97 Å². The fourth-order valence-electron chi connectivity index (χ4n) is 3.29. The van der Waals surface area contributed by atoms with Gasteiger partial charge in [-0.1, -0.05) is 12.1 Å². The minimum atomic E-state index is -0.663. The van der Waals surface area contributed by atoms with Crippen molar-refractivity contribution in [3.63, 3.8) is 0 Å². The molecule has 152 valence electrons. The topological polar surface area (TPSA) is 79.3 Å². The minimum Gasteiger partial charge on any atom is -0.451 e. The molecule has 0 aliphatic carbocycles. The fourth-order valence-corrected chi connectivity index (χ4v) is 3.29. The molecular formula is C21H29N3O4. The van der Waals surface area contributed by atoms with E-state index in [9.17, 15) is 14.4 Å². The summed E-state index contributed by atoms with van der Waals surface area (Å²) in [5.41, 5.74) is 2.68. The maximum Gasteiger partial charge on any atom is 0.355 e. The van der Waals surface area contributed by atoms with Gasteiger partial charge >= 0.3 is 5.97 Å². The molecule has 7 nitrogen and oxygen atoms in total. The number of benzene rings is 1. The highest BCUT2D eigenvalue weighted by Gasteiger charge is 2.28. The summed E-state index contributed by atoms with van der Waals surface area (Å²) in [5, 5.41) is 5.49. The van der Waals surface area contributed by atoms with Gasteiger partial charge in [-0.05, 0) is 58.7 Å². The third-order valence-corrected chi connectivity index (χ3v) is 4.59. The van der Waals surface area contributed by atoms with Gasteiger partial charge < -0.3 is 9.64 Å². The Hall–Kier alpha value is -2.70. The number of hydrogen-bond donors (Lipinski definition) is 0. The number of carbonyl (C=O) groups excluding carboxylic acids is 3. The second kappa shape index (κ2) is 8.99. The summed E-state index contributed by atoms with van der Waals surface area (Å²) in [6.45, 7) is 11.1. The Morgan fingerprint density at radius 1 is 1.14 bits per heavy atom. The number of esters is 1. The van der Waals surface area contributed by atoms with Gasteiger partial charge in [0.2, 0.25) is 5.91 Å². The van der Waals surface area contributed by atoms with Gasteiger partial charge in [0.15, 0.2) is 6.61 Å². The summed E-state index contributed by atoms with van der Waals surface area (Å²) in [4.78, 5) is 38.8. The summed E-state index contributed by atoms with van der Waals surface area (Å²) in [6.07, 6.45) is 0.366. The van der Waals surface area contributed by atoms with Crippen LogP contribution in [-0.4, -0.2) is 47.1 Å². The monoisotopic (exact) mass is 387 g/mol. The lowest BCUT2D eigenvalue weighted by molar-refractivity contribution is -0.149. The van der Waals surface area contributed by atoms with Gasteiger partial charge in [-0.15, -0.1) is 0 Å². The molecule has 0 unspecified atom stereocenters. The van der Waals surface area contributed by atoms with Crippen molar-refractivity contribution in [2.24, 2.45) is 5.10 Å². The van der Waals surface area contributed by atoms with Crippen LogP contribution < -0.4 is 5.01 Å². The van der Waals surface area contributed by atoms with Gasteiger partial charge in [0, 0.05) is 24.9 Å². The zero-order valence-electron chi connectivity index (χ0n) is 17.5. The Bertz CT molecular complexity index is 791. The Balaban J connectivity index is 2.13. The van der Waals surface area contributed by atoms with Crippen LogP contribution in [0.2, 0.25) is 0 Å². The molecule has 0 aromatic heterocycles. The molecule has 0 radical (unpaired) electrons. The highest BCUT2D eigenvalue weighted by Crippen LogP contribution is 2.25. The molecule has 0 atom stereocenters. The van der Waals surface area contributed by atoms with E-state index in [1.807, 2.05) is 59.7 Å². The largest absolute Gasteiger partial charge is 0.451 e. The van der Waals surface area contributed by atoms with E-state index in [4.69, 9.17) is 4.74 Å². The number of carbonyl (C=O) groups is 3. The number of aryl methyl sites for hydroxylation is 2. The molecule has 1 aliphatic rings. The van der Waals surface area contributed by atoms with E-state index in [2.05, 4.69) is 5.10 Å². The Morgan fingerprint density at radius 3 is 2.39 bits per heavy atom. The van der Waals surface area contributed by atoms with Crippen molar-refractivity contribution in [1.82, 2.24) is 4.90 Å². The molecule has 2 amide bonds. The van der Waals surface area contributed by atoms with Crippen molar-refractivity contribution in [1.29, 1.82) is 0 Å². The number of rotatable bonds is 6. The third kappa shape index (κ3) is 4.97. The van der Waals surface area contributed by atoms with Crippen molar-refractivity contribution in [3.8, 4) is 0 Å². The summed E-state index contributed by atoms with van der Waals surface area (Å²) in [7, 11) is 0. The van der Waals surface area contributed by atoms with E-state index in [-0.39, 0.29) is 49.1 Å². The molecule has 2 rings (SSSR count). The highest BCUT2D eigenvalue weighted by molar-refractivity contribution is 6.38. The summed E-state index contributed by atoms with van der Waals surface area (Å²) < 4.78 is 5.20. The van der Waals surface area contributed by atoms with Crippen LogP contribution in [-0.2, 0) is 19.1 Å². The fraction of sp³-hybridized carbons (Fsp3) is 0.524. The molecule has 7 heteroatoms. The predicted octanol–water partition coefficient (Wildman–Crippen LogP) is 2.97. The first-order valence-electron chi connectivity index (χ1n) is 9.57. The number of hydrazone groups is 1. The molecule has 0 spiro atoms. The van der Waals surface area contributed by atoms with Gasteiger partial charge in [0.05, 0.1) is 5.69 Å². The zero-order chi connectivity index (χ0) is 21.0. The Labute approximate surface area is 166 Å². The number of anilines is 1. The van der Waals surface area contributed by atoms with Gasteiger partial charge in [0.25, 0.3) is 5.91 Å². The Morgan fingerprint density at radius 2 is 1.79 bits per heavy atom. The molecule has 0 bridgehead atoms. The van der Waals surface area contributed by atoms with Crippen LogP contribution in [0.3, 0.4) is 0 Å². The van der Waals surface area contributed by atoms with E-state index in [0.29, 0.717) is 5.69 Å². The van der Waals surface area contributed by atoms with Crippen LogP contribution in [0.1, 0.15) is 51.7 Å². The molecule has 1 heterocycles. The Kier molecular flexibility index (Phi) is 6.94. The molecule has 0 fully saturated rings. The first-order valence-corrected chi connectivity index (χ1v) is 9.57. The predicted molar refractivity (Wildman–Crippen MR) is 108 cm³/mol. The molecule has 1 aliphatic heterocycles. The van der Waals surface area contributed by atoms with E-state index in [1.54, 1.807) is 4.90 Å². The standard InChI is InChI=1S/C21H29N3O4/c1-13(2)23(14(3)4)20(26)12-28-21(27)17-9-10-19(25)24(22-17)18-11-15(5)7-8-16(18)6/h7-8,11,13-14H,9-10,12H2,1-6H3. The van der Waals surface area contributed by atoms with Crippen molar-refractivity contribution in [3.05, 3.63) is 29.3 Å². The molecule has 1 aromatic carbocycles. The SMILES string of the molecule is Cc1ccc(C)c(N2N=C(C(=O)OCC(=O)N(C(C)C)C(C)C)CCC2=O)c1. The van der Waals surface area contributed by atoms with Gasteiger partial charge in [-0.2, -0.15) is 10.1 Å². The molecule has 1 aromatic rings. The average Bonchev–Trinajstić information content (AvgIpc) is 2.61. The maximum absolute atomic E-state index is 12.4. The zero-order valence-corrected chi connectivity index (χ0v) is 17.5. The minimum absolute atomic E-state index is 0.00984. The van der Waals surface area contributed by atoms with Crippen LogP contribution in [0, 0.1) is 13.8 Å².